The Labute approximate surface area is 68.6 Å². The molecule has 0 radical (unpaired) electrons. The van der Waals surface area contributed by atoms with E-state index in [-0.39, 0.29) is 6.61 Å². The normalized spacial score (nSPS) is 29.2. The lowest BCUT2D eigenvalue weighted by Gasteiger charge is -2.37. The van der Waals surface area contributed by atoms with Crippen molar-refractivity contribution >= 4 is 0 Å². The lowest BCUT2D eigenvalue weighted by Crippen LogP contribution is -2.50. The first-order valence-electron chi connectivity index (χ1n) is 4.27. The molecule has 3 heteroatoms. The van der Waals surface area contributed by atoms with Crippen molar-refractivity contribution in [1.29, 1.82) is 0 Å². The Morgan fingerprint density at radius 1 is 1.45 bits per heavy atom. The van der Waals surface area contributed by atoms with Gasteiger partial charge in [0.25, 0.3) is 0 Å². The third kappa shape index (κ3) is 2.43. The van der Waals surface area contributed by atoms with Crippen molar-refractivity contribution < 1.29 is 5.11 Å². The Morgan fingerprint density at radius 2 is 2.18 bits per heavy atom. The fourth-order valence-corrected chi connectivity index (χ4v) is 1.47. The van der Waals surface area contributed by atoms with Crippen LogP contribution in [-0.4, -0.2) is 60.8 Å². The van der Waals surface area contributed by atoms with Crippen LogP contribution in [0.4, 0.5) is 0 Å². The predicted molar refractivity (Wildman–Crippen MR) is 45.6 cm³/mol. The highest BCUT2D eigenvalue weighted by molar-refractivity contribution is 4.75. The molecular weight excluding hydrogens is 140 g/mol. The molecule has 66 valence electrons. The smallest absolute Gasteiger partial charge is 0.0558 e. The molecule has 1 heterocycles. The van der Waals surface area contributed by atoms with Gasteiger partial charge in [0.1, 0.15) is 0 Å². The van der Waals surface area contributed by atoms with Gasteiger partial charge in [0.05, 0.1) is 6.61 Å². The summed E-state index contributed by atoms with van der Waals surface area (Å²) in [6.07, 6.45) is 0. The zero-order valence-electron chi connectivity index (χ0n) is 7.45. The second-order valence-corrected chi connectivity index (χ2v) is 3.35. The highest BCUT2D eigenvalue weighted by atomic mass is 16.3. The number of β-amino-alcohol motifs (C(OH)–C–C–N with tert-alkyl or cyclic N) is 1. The first kappa shape index (κ1) is 8.97. The van der Waals surface area contributed by atoms with E-state index in [1.165, 1.54) is 0 Å². The van der Waals surface area contributed by atoms with Gasteiger partial charge in [-0.15, -0.1) is 0 Å². The minimum atomic E-state index is 0.288. The summed E-state index contributed by atoms with van der Waals surface area (Å²) in [5.74, 6) is 0. The first-order valence-corrected chi connectivity index (χ1v) is 4.27. The summed E-state index contributed by atoms with van der Waals surface area (Å²) >= 11 is 0. The molecule has 0 bridgehead atoms. The molecule has 0 aromatic carbocycles. The molecule has 0 amide bonds. The van der Waals surface area contributed by atoms with Gasteiger partial charge in [-0.05, 0) is 14.0 Å². The first-order chi connectivity index (χ1) is 5.24. The molecule has 1 fully saturated rings. The van der Waals surface area contributed by atoms with Gasteiger partial charge >= 0.3 is 0 Å². The summed E-state index contributed by atoms with van der Waals surface area (Å²) in [6, 6.07) is 0.635. The Bertz CT molecular complexity index is 119. The Hall–Kier alpha value is -0.120. The van der Waals surface area contributed by atoms with Crippen molar-refractivity contribution in [1.82, 2.24) is 9.80 Å². The van der Waals surface area contributed by atoms with E-state index in [9.17, 15) is 0 Å². The average Bonchev–Trinajstić information content (AvgIpc) is 1.98. The summed E-state index contributed by atoms with van der Waals surface area (Å²) in [4.78, 5) is 4.67. The van der Waals surface area contributed by atoms with Crippen molar-refractivity contribution in [2.45, 2.75) is 13.0 Å². The molecule has 1 rings (SSSR count). The van der Waals surface area contributed by atoms with Gasteiger partial charge < -0.3 is 10.0 Å². The van der Waals surface area contributed by atoms with E-state index in [0.29, 0.717) is 6.04 Å². The minimum absolute atomic E-state index is 0.288. The van der Waals surface area contributed by atoms with Gasteiger partial charge in [0, 0.05) is 32.2 Å². The van der Waals surface area contributed by atoms with Crippen molar-refractivity contribution in [2.24, 2.45) is 0 Å². The van der Waals surface area contributed by atoms with Crippen LogP contribution in [0.3, 0.4) is 0 Å². The zero-order valence-corrected chi connectivity index (χ0v) is 7.45. The maximum Gasteiger partial charge on any atom is 0.0558 e. The second-order valence-electron chi connectivity index (χ2n) is 3.35. The molecule has 1 atom stereocenters. The molecule has 1 aliphatic rings. The van der Waals surface area contributed by atoms with Crippen LogP contribution in [0.5, 0.6) is 0 Å². The van der Waals surface area contributed by atoms with Gasteiger partial charge in [-0.2, -0.15) is 0 Å². The van der Waals surface area contributed by atoms with Gasteiger partial charge in [-0.1, -0.05) is 0 Å². The van der Waals surface area contributed by atoms with E-state index in [1.54, 1.807) is 0 Å². The van der Waals surface area contributed by atoms with E-state index in [1.807, 2.05) is 0 Å². The number of hydrogen-bond donors (Lipinski definition) is 1. The molecule has 0 aliphatic carbocycles. The summed E-state index contributed by atoms with van der Waals surface area (Å²) in [6.45, 7) is 6.66. The third-order valence-electron chi connectivity index (χ3n) is 2.46. The van der Waals surface area contributed by atoms with Crippen LogP contribution in [0.25, 0.3) is 0 Å². The Kier molecular flexibility index (Phi) is 3.30. The van der Waals surface area contributed by atoms with Crippen LogP contribution < -0.4 is 0 Å². The molecule has 0 saturated carbocycles. The number of likely N-dealkylation sites (N-methyl/N-ethyl adjacent to an activating group) is 1. The quantitative estimate of drug-likeness (QED) is 0.593. The summed E-state index contributed by atoms with van der Waals surface area (Å²) in [7, 11) is 2.15. The topological polar surface area (TPSA) is 26.7 Å². The Balaban J connectivity index is 2.28. The van der Waals surface area contributed by atoms with Crippen LogP contribution in [-0.2, 0) is 0 Å². The number of aliphatic hydroxyl groups is 1. The van der Waals surface area contributed by atoms with Gasteiger partial charge in [0.2, 0.25) is 0 Å². The number of piperazine rings is 1. The predicted octanol–water partition coefficient (Wildman–Crippen LogP) is -0.385. The number of nitrogens with zero attached hydrogens (tertiary/aromatic N) is 2. The van der Waals surface area contributed by atoms with Gasteiger partial charge in [-0.3, -0.25) is 4.90 Å². The summed E-state index contributed by atoms with van der Waals surface area (Å²) < 4.78 is 0. The second kappa shape index (κ2) is 4.04. The van der Waals surface area contributed by atoms with Crippen molar-refractivity contribution in [3.63, 3.8) is 0 Å². The van der Waals surface area contributed by atoms with Crippen molar-refractivity contribution in [2.75, 3.05) is 39.8 Å². The highest BCUT2D eigenvalue weighted by Crippen LogP contribution is 2.05. The largest absolute Gasteiger partial charge is 0.395 e. The standard InChI is InChI=1S/C8H18N2O/c1-8-7-10(5-6-11)4-3-9(8)2/h8,11H,3-7H2,1-2H3/t8-/m0/s1. The van der Waals surface area contributed by atoms with Gasteiger partial charge in [-0.25, -0.2) is 0 Å². The lowest BCUT2D eigenvalue weighted by molar-refractivity contribution is 0.0894. The molecule has 3 nitrogen and oxygen atoms in total. The molecule has 1 saturated heterocycles. The molecule has 0 aromatic heterocycles. The average molecular weight is 158 g/mol. The molecule has 1 aliphatic heterocycles. The van der Waals surface area contributed by atoms with E-state index in [0.717, 1.165) is 26.2 Å². The molecule has 11 heavy (non-hydrogen) atoms. The number of hydrogen-bond acceptors (Lipinski definition) is 3. The fourth-order valence-electron chi connectivity index (χ4n) is 1.47. The number of aliphatic hydroxyl groups excluding tert-OH is 1. The maximum atomic E-state index is 8.72. The molecule has 0 unspecified atom stereocenters. The SMILES string of the molecule is C[C@H]1CN(CCO)CCN1C. The zero-order chi connectivity index (χ0) is 8.27. The van der Waals surface area contributed by atoms with E-state index >= 15 is 0 Å². The third-order valence-corrected chi connectivity index (χ3v) is 2.46. The lowest BCUT2D eigenvalue weighted by atomic mass is 10.2. The van der Waals surface area contributed by atoms with Crippen LogP contribution in [0.15, 0.2) is 0 Å². The minimum Gasteiger partial charge on any atom is -0.395 e. The van der Waals surface area contributed by atoms with Crippen LogP contribution in [0.1, 0.15) is 6.92 Å². The number of rotatable bonds is 2. The monoisotopic (exact) mass is 158 g/mol. The maximum absolute atomic E-state index is 8.72. The fraction of sp³-hybridized carbons (Fsp3) is 1.00. The molecule has 0 aromatic rings. The van der Waals surface area contributed by atoms with E-state index < -0.39 is 0 Å². The van der Waals surface area contributed by atoms with Gasteiger partial charge in [0.15, 0.2) is 0 Å². The van der Waals surface area contributed by atoms with Crippen LogP contribution in [0, 0.1) is 0 Å². The van der Waals surface area contributed by atoms with Crippen molar-refractivity contribution in [3.8, 4) is 0 Å². The van der Waals surface area contributed by atoms with E-state index in [4.69, 9.17) is 5.11 Å². The molecular formula is C8H18N2O. The van der Waals surface area contributed by atoms with Crippen LogP contribution in [0.2, 0.25) is 0 Å². The summed E-state index contributed by atoms with van der Waals surface area (Å²) in [5, 5.41) is 8.72. The van der Waals surface area contributed by atoms with Crippen molar-refractivity contribution in [3.05, 3.63) is 0 Å². The van der Waals surface area contributed by atoms with Crippen LogP contribution >= 0.6 is 0 Å². The van der Waals surface area contributed by atoms with E-state index in [2.05, 4.69) is 23.8 Å². The Morgan fingerprint density at radius 3 is 2.73 bits per heavy atom. The highest BCUT2D eigenvalue weighted by Gasteiger charge is 2.19. The molecule has 0 spiro atoms. The molecule has 1 N–H and O–H groups in total. The summed E-state index contributed by atoms with van der Waals surface area (Å²) in [5.41, 5.74) is 0.